The van der Waals surface area contributed by atoms with Crippen LogP contribution in [0.1, 0.15) is 6.92 Å². The lowest BCUT2D eigenvalue weighted by molar-refractivity contribution is 0.223. The van der Waals surface area contributed by atoms with Crippen molar-refractivity contribution in [1.29, 1.82) is 0 Å². The minimum Gasteiger partial charge on any atom is -0.489 e. The molecule has 0 bridgehead atoms. The maximum atomic E-state index is 12.7. The Morgan fingerprint density at radius 2 is 2.05 bits per heavy atom. The number of aliphatic imine (C=N–C) groups is 1. The van der Waals surface area contributed by atoms with Crippen LogP contribution in [0.3, 0.4) is 0 Å². The van der Waals surface area contributed by atoms with Crippen LogP contribution in [-0.2, 0) is 0 Å². The summed E-state index contributed by atoms with van der Waals surface area (Å²) in [5, 5.41) is 6.19. The van der Waals surface area contributed by atoms with Gasteiger partial charge in [-0.2, -0.15) is 0 Å². The Bertz CT molecular complexity index is 423. The molecular formula is C14H21FIN3O. The molecule has 0 aliphatic carbocycles. The van der Waals surface area contributed by atoms with Gasteiger partial charge in [0.15, 0.2) is 5.96 Å². The Morgan fingerprint density at radius 3 is 2.60 bits per heavy atom. The first kappa shape index (κ1) is 18.7. The van der Waals surface area contributed by atoms with Crippen molar-refractivity contribution < 1.29 is 9.13 Å². The molecular weight excluding hydrogens is 372 g/mol. The molecule has 0 aliphatic rings. The van der Waals surface area contributed by atoms with Crippen LogP contribution in [0.25, 0.3) is 0 Å². The second-order valence-electron chi connectivity index (χ2n) is 4.01. The number of rotatable bonds is 6. The summed E-state index contributed by atoms with van der Waals surface area (Å²) in [6, 6.07) is 5.97. The van der Waals surface area contributed by atoms with Crippen LogP contribution < -0.4 is 15.4 Å². The summed E-state index contributed by atoms with van der Waals surface area (Å²) in [4.78, 5) is 4.06. The summed E-state index contributed by atoms with van der Waals surface area (Å²) < 4.78 is 18.4. The zero-order valence-electron chi connectivity index (χ0n) is 11.7. The van der Waals surface area contributed by atoms with Crippen LogP contribution in [0.15, 0.2) is 41.9 Å². The van der Waals surface area contributed by atoms with Gasteiger partial charge < -0.3 is 15.4 Å². The molecule has 0 saturated heterocycles. The summed E-state index contributed by atoms with van der Waals surface area (Å²) in [5.74, 6) is 1.06. The van der Waals surface area contributed by atoms with E-state index in [-0.39, 0.29) is 35.9 Å². The summed E-state index contributed by atoms with van der Waals surface area (Å²) in [5.41, 5.74) is 0. The van der Waals surface area contributed by atoms with Crippen molar-refractivity contribution >= 4 is 29.9 Å². The number of hydrogen-bond acceptors (Lipinski definition) is 2. The SMILES string of the molecule is C=CCNC(=NC)NCC(C)Oc1ccc(F)cc1.I. The van der Waals surface area contributed by atoms with Gasteiger partial charge in [-0.15, -0.1) is 30.6 Å². The number of guanidine groups is 1. The molecule has 0 aromatic heterocycles. The van der Waals surface area contributed by atoms with Gasteiger partial charge in [-0.3, -0.25) is 4.99 Å². The first-order valence-corrected chi connectivity index (χ1v) is 6.13. The van der Waals surface area contributed by atoms with Gasteiger partial charge in [0.25, 0.3) is 0 Å². The molecule has 1 aromatic carbocycles. The van der Waals surface area contributed by atoms with E-state index in [1.165, 1.54) is 12.1 Å². The van der Waals surface area contributed by atoms with Crippen LogP contribution in [-0.4, -0.2) is 32.2 Å². The van der Waals surface area contributed by atoms with Gasteiger partial charge in [0, 0.05) is 13.6 Å². The number of nitrogens with zero attached hydrogens (tertiary/aromatic N) is 1. The molecule has 2 N–H and O–H groups in total. The van der Waals surface area contributed by atoms with Crippen LogP contribution in [0, 0.1) is 5.82 Å². The molecule has 0 aliphatic heterocycles. The van der Waals surface area contributed by atoms with E-state index in [4.69, 9.17) is 4.74 Å². The van der Waals surface area contributed by atoms with Crippen LogP contribution in [0.4, 0.5) is 4.39 Å². The summed E-state index contributed by atoms with van der Waals surface area (Å²) in [6.07, 6.45) is 1.69. The first-order chi connectivity index (χ1) is 9.15. The lowest BCUT2D eigenvalue weighted by atomic mass is 10.3. The molecule has 1 unspecified atom stereocenters. The summed E-state index contributed by atoms with van der Waals surface area (Å²) in [7, 11) is 1.70. The molecule has 20 heavy (non-hydrogen) atoms. The van der Waals surface area contributed by atoms with E-state index in [0.29, 0.717) is 24.8 Å². The lowest BCUT2D eigenvalue weighted by Crippen LogP contribution is -2.41. The zero-order valence-corrected chi connectivity index (χ0v) is 14.1. The van der Waals surface area contributed by atoms with E-state index in [9.17, 15) is 4.39 Å². The van der Waals surface area contributed by atoms with Crippen molar-refractivity contribution in [1.82, 2.24) is 10.6 Å². The van der Waals surface area contributed by atoms with Gasteiger partial charge in [0.1, 0.15) is 17.7 Å². The molecule has 1 rings (SSSR count). The fourth-order valence-corrected chi connectivity index (χ4v) is 1.42. The highest BCUT2D eigenvalue weighted by molar-refractivity contribution is 14.0. The van der Waals surface area contributed by atoms with Gasteiger partial charge in [-0.1, -0.05) is 6.08 Å². The number of halogens is 2. The fourth-order valence-electron chi connectivity index (χ4n) is 1.42. The Morgan fingerprint density at radius 1 is 1.40 bits per heavy atom. The van der Waals surface area contributed by atoms with E-state index >= 15 is 0 Å². The maximum absolute atomic E-state index is 12.7. The third-order valence-electron chi connectivity index (χ3n) is 2.35. The van der Waals surface area contributed by atoms with Gasteiger partial charge in [-0.25, -0.2) is 4.39 Å². The van der Waals surface area contributed by atoms with Crippen molar-refractivity contribution in [2.45, 2.75) is 13.0 Å². The maximum Gasteiger partial charge on any atom is 0.191 e. The second kappa shape index (κ2) is 10.5. The predicted molar refractivity (Wildman–Crippen MR) is 91.5 cm³/mol. The highest BCUT2D eigenvalue weighted by Crippen LogP contribution is 2.12. The second-order valence-corrected chi connectivity index (χ2v) is 4.01. The van der Waals surface area contributed by atoms with Crippen molar-refractivity contribution in [3.63, 3.8) is 0 Å². The molecule has 0 radical (unpaired) electrons. The number of hydrogen-bond donors (Lipinski definition) is 2. The van der Waals surface area contributed by atoms with Crippen LogP contribution >= 0.6 is 24.0 Å². The molecule has 112 valence electrons. The van der Waals surface area contributed by atoms with Crippen LogP contribution in [0.2, 0.25) is 0 Å². The van der Waals surface area contributed by atoms with Crippen molar-refractivity contribution in [3.05, 3.63) is 42.7 Å². The smallest absolute Gasteiger partial charge is 0.191 e. The van der Waals surface area contributed by atoms with E-state index in [1.54, 1.807) is 25.3 Å². The molecule has 0 heterocycles. The molecule has 1 aromatic rings. The molecule has 6 heteroatoms. The predicted octanol–water partition coefficient (Wildman–Crippen LogP) is 2.56. The Kier molecular flexibility index (Phi) is 9.79. The molecule has 4 nitrogen and oxygen atoms in total. The molecule has 0 saturated carbocycles. The normalized spacial score (nSPS) is 12.1. The minimum absolute atomic E-state index is 0. The molecule has 1 atom stereocenters. The largest absolute Gasteiger partial charge is 0.489 e. The number of ether oxygens (including phenoxy) is 1. The van der Waals surface area contributed by atoms with Gasteiger partial charge in [-0.05, 0) is 31.2 Å². The van der Waals surface area contributed by atoms with E-state index in [2.05, 4.69) is 22.2 Å². The quantitative estimate of drug-likeness (QED) is 0.338. The third-order valence-corrected chi connectivity index (χ3v) is 2.35. The van der Waals surface area contributed by atoms with Gasteiger partial charge in [0.05, 0.1) is 6.54 Å². The topological polar surface area (TPSA) is 45.7 Å². The average molecular weight is 393 g/mol. The number of benzene rings is 1. The minimum atomic E-state index is -0.271. The van der Waals surface area contributed by atoms with Crippen LogP contribution in [0.5, 0.6) is 5.75 Å². The first-order valence-electron chi connectivity index (χ1n) is 6.13. The van der Waals surface area contributed by atoms with E-state index in [0.717, 1.165) is 0 Å². The fraction of sp³-hybridized carbons (Fsp3) is 0.357. The Labute approximate surface area is 136 Å². The highest BCUT2D eigenvalue weighted by Gasteiger charge is 2.05. The highest BCUT2D eigenvalue weighted by atomic mass is 127. The molecule has 0 amide bonds. The Balaban J connectivity index is 0.00000361. The van der Waals surface area contributed by atoms with Crippen molar-refractivity contribution in [2.75, 3.05) is 20.1 Å². The van der Waals surface area contributed by atoms with E-state index < -0.39 is 0 Å². The van der Waals surface area contributed by atoms with E-state index in [1.807, 2.05) is 6.92 Å². The standard InChI is InChI=1S/C14H20FN3O.HI/c1-4-9-17-14(16-3)18-10-11(2)19-13-7-5-12(15)6-8-13;/h4-8,11H,1,9-10H2,2-3H3,(H2,16,17,18);1H. The summed E-state index contributed by atoms with van der Waals surface area (Å²) >= 11 is 0. The molecule has 0 fully saturated rings. The van der Waals surface area contributed by atoms with Crippen molar-refractivity contribution in [2.24, 2.45) is 4.99 Å². The van der Waals surface area contributed by atoms with Gasteiger partial charge >= 0.3 is 0 Å². The van der Waals surface area contributed by atoms with Crippen molar-refractivity contribution in [3.8, 4) is 5.75 Å². The number of nitrogens with one attached hydrogen (secondary N) is 2. The third kappa shape index (κ3) is 7.32. The van der Waals surface area contributed by atoms with Gasteiger partial charge in [0.2, 0.25) is 0 Å². The average Bonchev–Trinajstić information content (AvgIpc) is 2.42. The summed E-state index contributed by atoms with van der Waals surface area (Å²) in [6.45, 7) is 6.79. The Hall–Kier alpha value is -1.31. The lowest BCUT2D eigenvalue weighted by Gasteiger charge is -2.17. The monoisotopic (exact) mass is 393 g/mol. The zero-order chi connectivity index (χ0) is 14.1. The molecule has 0 spiro atoms.